The van der Waals surface area contributed by atoms with Crippen LogP contribution in [0.3, 0.4) is 0 Å². The second-order valence-electron chi connectivity index (χ2n) is 9.22. The van der Waals surface area contributed by atoms with Crippen molar-refractivity contribution in [2.45, 2.75) is 26.2 Å². The van der Waals surface area contributed by atoms with Crippen LogP contribution in [0.5, 0.6) is 11.5 Å². The molecule has 11 heteroatoms. The highest BCUT2D eigenvalue weighted by atomic mass is 19.1. The molecular weight excluding hydrogens is 570 g/mol. The average molecular weight is 599 g/mol. The second kappa shape index (κ2) is 15.6. The highest BCUT2D eigenvalue weighted by Gasteiger charge is 2.28. The number of alkyl carbamates (subject to hydrolysis) is 1. The summed E-state index contributed by atoms with van der Waals surface area (Å²) >= 11 is 0. The quantitative estimate of drug-likeness (QED) is 0.140. The fraction of sp³-hybridized carbons (Fsp3) is 0.152. The molecule has 0 bridgehead atoms. The molecule has 0 aromatic heterocycles. The summed E-state index contributed by atoms with van der Waals surface area (Å²) in [6.07, 6.45) is -0.983. The summed E-state index contributed by atoms with van der Waals surface area (Å²) in [4.78, 5) is 28.9. The van der Waals surface area contributed by atoms with Gasteiger partial charge in [-0.05, 0) is 54.4 Å². The van der Waals surface area contributed by atoms with Gasteiger partial charge in [-0.15, -0.1) is 0 Å². The van der Waals surface area contributed by atoms with Crippen molar-refractivity contribution in [3.8, 4) is 17.6 Å². The van der Waals surface area contributed by atoms with Crippen LogP contribution in [0.2, 0.25) is 0 Å². The van der Waals surface area contributed by atoms with Gasteiger partial charge in [-0.2, -0.15) is 5.26 Å². The average Bonchev–Trinajstić information content (AvgIpc) is 3.03. The van der Waals surface area contributed by atoms with Crippen LogP contribution < -0.4 is 15.4 Å². The number of nitrogens with zero attached hydrogens (tertiary/aromatic N) is 2. The summed E-state index contributed by atoms with van der Waals surface area (Å²) in [5.41, 5.74) is 1.94. The van der Waals surface area contributed by atoms with Crippen LogP contribution in [0.15, 0.2) is 96.0 Å². The van der Waals surface area contributed by atoms with E-state index in [-0.39, 0.29) is 31.3 Å². The molecule has 9 nitrogen and oxygen atoms in total. The van der Waals surface area contributed by atoms with Crippen LogP contribution in [-0.2, 0) is 27.4 Å². The maximum atomic E-state index is 15.1. The van der Waals surface area contributed by atoms with Crippen molar-refractivity contribution in [1.29, 1.82) is 5.26 Å². The Balaban J connectivity index is 1.31. The largest absolute Gasteiger partial charge is 0.457 e. The lowest BCUT2D eigenvalue weighted by Gasteiger charge is -2.19. The minimum atomic E-state index is -1.54. The zero-order valence-corrected chi connectivity index (χ0v) is 23.6. The first-order valence-corrected chi connectivity index (χ1v) is 13.5. The zero-order chi connectivity index (χ0) is 31.3. The molecule has 44 heavy (non-hydrogen) atoms. The Labute approximate surface area is 252 Å². The Hall–Kier alpha value is -5.60. The Morgan fingerprint density at radius 3 is 2.25 bits per heavy atom. The molecule has 2 amide bonds. The number of carbonyl (C=O) groups is 2. The van der Waals surface area contributed by atoms with Gasteiger partial charge in [-0.3, -0.25) is 10.1 Å². The number of carbonyl (C=O) groups excluding carboxylic acids is 2. The third kappa shape index (κ3) is 8.95. The van der Waals surface area contributed by atoms with E-state index < -0.39 is 35.3 Å². The minimum absolute atomic E-state index is 0.0288. The van der Waals surface area contributed by atoms with Gasteiger partial charge in [0.2, 0.25) is 0 Å². The van der Waals surface area contributed by atoms with E-state index in [1.54, 1.807) is 31.2 Å². The molecule has 0 saturated carbocycles. The Morgan fingerprint density at radius 2 is 1.61 bits per heavy atom. The molecule has 0 aliphatic rings. The fourth-order valence-corrected chi connectivity index (χ4v) is 3.97. The van der Waals surface area contributed by atoms with Gasteiger partial charge in [0.1, 0.15) is 29.7 Å². The summed E-state index contributed by atoms with van der Waals surface area (Å²) in [7, 11) is 0. The maximum absolute atomic E-state index is 15.1. The van der Waals surface area contributed by atoms with Crippen LogP contribution in [0.4, 0.5) is 19.3 Å². The molecule has 0 aliphatic heterocycles. The van der Waals surface area contributed by atoms with Gasteiger partial charge in [0.25, 0.3) is 5.91 Å². The van der Waals surface area contributed by atoms with Gasteiger partial charge in [-0.25, -0.2) is 18.6 Å². The van der Waals surface area contributed by atoms with E-state index in [2.05, 4.69) is 15.6 Å². The van der Waals surface area contributed by atoms with E-state index in [4.69, 9.17) is 19.5 Å². The van der Waals surface area contributed by atoms with E-state index in [9.17, 15) is 9.59 Å². The topological polar surface area (TPSA) is 122 Å². The zero-order valence-electron chi connectivity index (χ0n) is 23.6. The van der Waals surface area contributed by atoms with E-state index in [1.165, 1.54) is 30.6 Å². The van der Waals surface area contributed by atoms with Crippen LogP contribution in [-0.4, -0.2) is 24.9 Å². The van der Waals surface area contributed by atoms with E-state index >= 15 is 8.78 Å². The molecule has 2 N–H and O–H groups in total. The molecule has 0 aliphatic carbocycles. The van der Waals surface area contributed by atoms with Gasteiger partial charge >= 0.3 is 6.09 Å². The van der Waals surface area contributed by atoms with Crippen molar-refractivity contribution >= 4 is 24.0 Å². The molecule has 4 aromatic rings. The number of benzene rings is 4. The summed E-state index contributed by atoms with van der Waals surface area (Å²) in [6, 6.07) is 25.9. The number of amides is 2. The first-order chi connectivity index (χ1) is 21.4. The van der Waals surface area contributed by atoms with Gasteiger partial charge in [0, 0.05) is 25.3 Å². The van der Waals surface area contributed by atoms with Gasteiger partial charge in [0.15, 0.2) is 6.10 Å². The number of ether oxygens (including phenoxy) is 3. The molecule has 0 spiro atoms. The Bertz CT molecular complexity index is 1620. The standard InChI is InChI=1S/C33H28F2N4O5/c1-2-42-31(30-28(34)16-27(17-29(30)35)44-26-14-10-22(18-36)11-15-26)32(40)37-19-23-8-12-25(13-9-23)38-21-39-33(41)43-20-24-6-4-3-5-7-24/h3-17,21,31H,2,19-20H2,1H3,(H,37,40)(H,38,39,41). The molecular formula is C33H28F2N4O5. The first-order valence-electron chi connectivity index (χ1n) is 13.5. The Morgan fingerprint density at radius 1 is 0.932 bits per heavy atom. The summed E-state index contributed by atoms with van der Waals surface area (Å²) < 4.78 is 46.2. The smallest absolute Gasteiger partial charge is 0.412 e. The van der Waals surface area contributed by atoms with Gasteiger partial charge in [-0.1, -0.05) is 42.5 Å². The molecule has 1 atom stereocenters. The predicted octanol–water partition coefficient (Wildman–Crippen LogP) is 6.61. The number of hydrogen-bond acceptors (Lipinski definition) is 7. The second-order valence-corrected chi connectivity index (χ2v) is 9.22. The maximum Gasteiger partial charge on any atom is 0.412 e. The molecule has 1 unspecified atom stereocenters. The third-order valence-corrected chi connectivity index (χ3v) is 6.12. The lowest BCUT2D eigenvalue weighted by Crippen LogP contribution is -2.31. The minimum Gasteiger partial charge on any atom is -0.457 e. The fourth-order valence-electron chi connectivity index (χ4n) is 3.97. The van der Waals surface area contributed by atoms with Crippen LogP contribution in [0, 0.1) is 23.0 Å². The van der Waals surface area contributed by atoms with E-state index in [0.29, 0.717) is 16.8 Å². The summed E-state index contributed by atoms with van der Waals surface area (Å²) in [5, 5.41) is 14.0. The SMILES string of the molecule is CCOC(C(=O)NCc1ccc(/N=C/NC(=O)OCc2ccccc2)cc1)c1c(F)cc(Oc2ccc(C#N)cc2)cc1F. The molecule has 0 radical (unpaired) electrons. The van der Waals surface area contributed by atoms with E-state index in [0.717, 1.165) is 17.7 Å². The predicted molar refractivity (Wildman–Crippen MR) is 158 cm³/mol. The third-order valence-electron chi connectivity index (χ3n) is 6.12. The normalized spacial score (nSPS) is 11.4. The first kappa shape index (κ1) is 31.3. The van der Waals surface area contributed by atoms with Crippen LogP contribution in [0.1, 0.15) is 35.3 Å². The summed E-state index contributed by atoms with van der Waals surface area (Å²) in [6.45, 7) is 1.82. The molecule has 4 rings (SSSR count). The monoisotopic (exact) mass is 598 g/mol. The number of halogens is 2. The summed E-state index contributed by atoms with van der Waals surface area (Å²) in [5.74, 6) is -2.59. The van der Waals surface area contributed by atoms with Crippen molar-refractivity contribution in [2.24, 2.45) is 4.99 Å². The van der Waals surface area contributed by atoms with Gasteiger partial charge in [0.05, 0.1) is 29.2 Å². The number of nitrogens with one attached hydrogen (secondary N) is 2. The number of hydrogen-bond donors (Lipinski definition) is 2. The van der Waals surface area contributed by atoms with Crippen LogP contribution in [0.25, 0.3) is 0 Å². The lowest BCUT2D eigenvalue weighted by molar-refractivity contribution is -0.133. The van der Waals surface area contributed by atoms with E-state index in [1.807, 2.05) is 36.4 Å². The molecule has 0 fully saturated rings. The van der Waals surface area contributed by atoms with Crippen molar-refractivity contribution in [3.05, 3.63) is 125 Å². The Kier molecular flexibility index (Phi) is 11.1. The molecule has 4 aromatic carbocycles. The number of aliphatic imine (C=N–C) groups is 1. The lowest BCUT2D eigenvalue weighted by atomic mass is 10.1. The van der Waals surface area contributed by atoms with Crippen molar-refractivity contribution in [3.63, 3.8) is 0 Å². The van der Waals surface area contributed by atoms with Crippen LogP contribution >= 0.6 is 0 Å². The molecule has 224 valence electrons. The van der Waals surface area contributed by atoms with Crippen molar-refractivity contribution in [1.82, 2.24) is 10.6 Å². The number of nitriles is 1. The van der Waals surface area contributed by atoms with Crippen molar-refractivity contribution in [2.75, 3.05) is 6.61 Å². The van der Waals surface area contributed by atoms with Crippen molar-refractivity contribution < 1.29 is 32.6 Å². The molecule has 0 saturated heterocycles. The molecule has 0 heterocycles. The highest BCUT2D eigenvalue weighted by Crippen LogP contribution is 2.31. The van der Waals surface area contributed by atoms with Gasteiger partial charge < -0.3 is 19.5 Å². The highest BCUT2D eigenvalue weighted by molar-refractivity contribution is 5.83. The number of rotatable bonds is 12.